The normalized spacial score (nSPS) is 10.9. The highest BCUT2D eigenvalue weighted by Crippen LogP contribution is 2.11. The Morgan fingerprint density at radius 3 is 2.59 bits per heavy atom. The molecular formula is C11H17N3O2S. The number of hydrogen-bond donors (Lipinski definition) is 0. The first kappa shape index (κ1) is 13.9. The highest BCUT2D eigenvalue weighted by molar-refractivity contribution is 7.98. The number of hydrogen-bond acceptors (Lipinski definition) is 5. The largest absolute Gasteiger partial charge is 0.303 e. The second-order valence-electron chi connectivity index (χ2n) is 4.21. The minimum Gasteiger partial charge on any atom is -0.292 e. The van der Waals surface area contributed by atoms with Gasteiger partial charge >= 0.3 is 5.56 Å². The second kappa shape index (κ2) is 5.95. The maximum atomic E-state index is 11.5. The van der Waals surface area contributed by atoms with E-state index in [1.165, 1.54) is 18.7 Å². The summed E-state index contributed by atoms with van der Waals surface area (Å²) < 4.78 is 1.64. The van der Waals surface area contributed by atoms with Gasteiger partial charge in [0, 0.05) is 13.5 Å². The Bertz CT molecular complexity index is 468. The van der Waals surface area contributed by atoms with Crippen LogP contribution in [0.3, 0.4) is 0 Å². The molecule has 0 spiro atoms. The molecule has 0 unspecified atom stereocenters. The van der Waals surface area contributed by atoms with Gasteiger partial charge in [-0.05, 0) is 18.6 Å². The topological polar surface area (TPSA) is 64.8 Å². The van der Waals surface area contributed by atoms with Crippen LogP contribution in [0, 0.1) is 5.92 Å². The predicted molar refractivity (Wildman–Crippen MR) is 67.5 cm³/mol. The van der Waals surface area contributed by atoms with Crippen molar-refractivity contribution in [3.8, 4) is 0 Å². The van der Waals surface area contributed by atoms with Crippen LogP contribution in [-0.4, -0.2) is 26.8 Å². The summed E-state index contributed by atoms with van der Waals surface area (Å²) in [7, 11) is 0. The molecule has 17 heavy (non-hydrogen) atoms. The van der Waals surface area contributed by atoms with Gasteiger partial charge in [-0.1, -0.05) is 25.6 Å². The summed E-state index contributed by atoms with van der Waals surface area (Å²) in [6, 6.07) is 0. The molecule has 0 fully saturated rings. The third kappa shape index (κ3) is 3.66. The van der Waals surface area contributed by atoms with Gasteiger partial charge in [0.15, 0.2) is 16.6 Å². The van der Waals surface area contributed by atoms with Crippen LogP contribution in [0.2, 0.25) is 0 Å². The van der Waals surface area contributed by atoms with Gasteiger partial charge in [-0.2, -0.15) is 10.1 Å². The lowest BCUT2D eigenvalue weighted by Crippen LogP contribution is -2.25. The van der Waals surface area contributed by atoms with E-state index in [1.807, 2.05) is 6.26 Å². The zero-order valence-electron chi connectivity index (χ0n) is 10.6. The Balaban J connectivity index is 3.12. The zero-order valence-corrected chi connectivity index (χ0v) is 11.4. The fourth-order valence-electron chi connectivity index (χ4n) is 1.30. The van der Waals surface area contributed by atoms with Gasteiger partial charge in [0.2, 0.25) is 0 Å². The molecule has 1 aromatic rings. The van der Waals surface area contributed by atoms with Crippen LogP contribution in [0.4, 0.5) is 0 Å². The van der Waals surface area contributed by atoms with E-state index in [0.717, 1.165) is 6.42 Å². The van der Waals surface area contributed by atoms with Crippen molar-refractivity contribution in [2.24, 2.45) is 5.92 Å². The van der Waals surface area contributed by atoms with Gasteiger partial charge in [-0.25, -0.2) is 4.68 Å². The molecule has 0 N–H and O–H groups in total. The van der Waals surface area contributed by atoms with Crippen LogP contribution in [0.25, 0.3) is 0 Å². The SMILES string of the molecule is CSc1nc(=O)c(C(C)=O)nn1CCC(C)C. The molecule has 0 saturated heterocycles. The first-order chi connectivity index (χ1) is 7.95. The van der Waals surface area contributed by atoms with Crippen molar-refractivity contribution < 1.29 is 4.79 Å². The fraction of sp³-hybridized carbons (Fsp3) is 0.636. The van der Waals surface area contributed by atoms with Crippen LogP contribution in [0.1, 0.15) is 37.7 Å². The fourth-order valence-corrected chi connectivity index (χ4v) is 1.82. The standard InChI is InChI=1S/C11H17N3O2S/c1-7(2)5-6-14-11(17-4)12-10(16)9(13-14)8(3)15/h7H,5-6H2,1-4H3. The van der Waals surface area contributed by atoms with E-state index in [4.69, 9.17) is 0 Å². The van der Waals surface area contributed by atoms with Crippen molar-refractivity contribution in [1.29, 1.82) is 0 Å². The summed E-state index contributed by atoms with van der Waals surface area (Å²) in [4.78, 5) is 26.6. The summed E-state index contributed by atoms with van der Waals surface area (Å²) in [5.41, 5.74) is -0.616. The van der Waals surface area contributed by atoms with E-state index in [1.54, 1.807) is 4.68 Å². The van der Waals surface area contributed by atoms with E-state index in [2.05, 4.69) is 23.9 Å². The maximum absolute atomic E-state index is 11.5. The molecule has 0 aliphatic carbocycles. The Labute approximate surface area is 105 Å². The van der Waals surface area contributed by atoms with Gasteiger partial charge in [0.05, 0.1) is 0 Å². The molecular weight excluding hydrogens is 238 g/mol. The lowest BCUT2D eigenvalue weighted by atomic mass is 10.1. The van der Waals surface area contributed by atoms with Crippen molar-refractivity contribution in [3.05, 3.63) is 16.0 Å². The number of rotatable bonds is 5. The summed E-state index contributed by atoms with van der Waals surface area (Å²) in [5.74, 6) is 0.195. The minimum atomic E-state index is -0.539. The van der Waals surface area contributed by atoms with E-state index in [0.29, 0.717) is 17.6 Å². The molecule has 0 aromatic carbocycles. The molecule has 1 aromatic heterocycles. The van der Waals surface area contributed by atoms with Crippen LogP contribution >= 0.6 is 11.8 Å². The van der Waals surface area contributed by atoms with Crippen molar-refractivity contribution >= 4 is 17.5 Å². The average molecular weight is 255 g/mol. The first-order valence-electron chi connectivity index (χ1n) is 5.49. The lowest BCUT2D eigenvalue weighted by molar-refractivity contribution is 0.100. The molecule has 1 heterocycles. The smallest absolute Gasteiger partial charge is 0.292 e. The van der Waals surface area contributed by atoms with Crippen LogP contribution in [0.15, 0.2) is 9.95 Å². The Kier molecular flexibility index (Phi) is 4.86. The van der Waals surface area contributed by atoms with E-state index in [-0.39, 0.29) is 11.5 Å². The number of nitrogens with zero attached hydrogens (tertiary/aromatic N) is 3. The molecule has 0 aliphatic rings. The number of carbonyl (C=O) groups excluding carboxylic acids is 1. The molecule has 5 nitrogen and oxygen atoms in total. The molecule has 1 rings (SSSR count). The molecule has 6 heteroatoms. The van der Waals surface area contributed by atoms with Gasteiger partial charge in [0.1, 0.15) is 0 Å². The van der Waals surface area contributed by atoms with Crippen LogP contribution < -0.4 is 5.56 Å². The molecule has 94 valence electrons. The summed E-state index contributed by atoms with van der Waals surface area (Å²) >= 11 is 1.36. The maximum Gasteiger partial charge on any atom is 0.303 e. The van der Waals surface area contributed by atoms with Crippen molar-refractivity contribution in [2.75, 3.05) is 6.26 Å². The van der Waals surface area contributed by atoms with Crippen molar-refractivity contribution in [2.45, 2.75) is 38.9 Å². The predicted octanol–water partition coefficient (Wildman–Crippen LogP) is 1.61. The molecule has 0 saturated carbocycles. The zero-order chi connectivity index (χ0) is 13.0. The highest BCUT2D eigenvalue weighted by Gasteiger charge is 2.13. The number of carbonyl (C=O) groups is 1. The van der Waals surface area contributed by atoms with E-state index < -0.39 is 5.56 Å². The number of Topliss-reactive ketones (excluding diaryl/α,β-unsaturated/α-hetero) is 1. The minimum absolute atomic E-state index is 0.0773. The van der Waals surface area contributed by atoms with Crippen LogP contribution in [-0.2, 0) is 6.54 Å². The number of ketones is 1. The lowest BCUT2D eigenvalue weighted by Gasteiger charge is -2.11. The molecule has 0 amide bonds. The first-order valence-corrected chi connectivity index (χ1v) is 6.72. The Morgan fingerprint density at radius 1 is 1.47 bits per heavy atom. The summed E-state index contributed by atoms with van der Waals surface area (Å²) in [5, 5.41) is 4.64. The summed E-state index contributed by atoms with van der Waals surface area (Å²) in [6.07, 6.45) is 2.77. The van der Waals surface area contributed by atoms with Gasteiger partial charge < -0.3 is 0 Å². The van der Waals surface area contributed by atoms with Gasteiger partial charge in [-0.15, -0.1) is 0 Å². The monoisotopic (exact) mass is 255 g/mol. The quantitative estimate of drug-likeness (QED) is 0.590. The number of aryl methyl sites for hydroxylation is 1. The molecule has 0 atom stereocenters. The average Bonchev–Trinajstić information content (AvgIpc) is 2.26. The van der Waals surface area contributed by atoms with Gasteiger partial charge in [-0.3, -0.25) is 9.59 Å². The number of aromatic nitrogens is 3. The molecule has 0 aliphatic heterocycles. The van der Waals surface area contributed by atoms with E-state index >= 15 is 0 Å². The molecule has 0 radical (unpaired) electrons. The second-order valence-corrected chi connectivity index (χ2v) is 4.99. The third-order valence-electron chi connectivity index (χ3n) is 2.28. The van der Waals surface area contributed by atoms with Crippen LogP contribution in [0.5, 0.6) is 0 Å². The highest BCUT2D eigenvalue weighted by atomic mass is 32.2. The Morgan fingerprint density at radius 2 is 2.12 bits per heavy atom. The third-order valence-corrected chi connectivity index (χ3v) is 2.94. The number of thioether (sulfide) groups is 1. The molecule has 0 bridgehead atoms. The van der Waals surface area contributed by atoms with Crippen molar-refractivity contribution in [1.82, 2.24) is 14.8 Å². The Hall–Kier alpha value is -1.17. The van der Waals surface area contributed by atoms with E-state index in [9.17, 15) is 9.59 Å². The van der Waals surface area contributed by atoms with Crippen molar-refractivity contribution in [3.63, 3.8) is 0 Å². The summed E-state index contributed by atoms with van der Waals surface area (Å²) in [6.45, 7) is 6.22. The van der Waals surface area contributed by atoms with Gasteiger partial charge in [0.25, 0.3) is 0 Å².